The quantitative estimate of drug-likeness (QED) is 0.179. The summed E-state index contributed by atoms with van der Waals surface area (Å²) >= 11 is 3.84. The average molecular weight is 777 g/mol. The molecule has 2 aliphatic rings. The third-order valence-electron chi connectivity index (χ3n) is 12.1. The van der Waals surface area contributed by atoms with Gasteiger partial charge in [-0.2, -0.15) is 0 Å². The molecule has 6 heteroatoms. The number of rotatable bonds is 4. The highest BCUT2D eigenvalue weighted by Crippen LogP contribution is 2.49. The first-order chi connectivity index (χ1) is 28.7. The van der Waals surface area contributed by atoms with Crippen LogP contribution in [0.3, 0.4) is 0 Å². The Morgan fingerprint density at radius 3 is 1.79 bits per heavy atom. The molecule has 2 unspecified atom stereocenters. The lowest BCUT2D eigenvalue weighted by Crippen LogP contribution is -2.06. The van der Waals surface area contributed by atoms with Crippen LogP contribution in [0.1, 0.15) is 11.5 Å². The Morgan fingerprint density at radius 1 is 0.448 bits per heavy atom. The fourth-order valence-corrected chi connectivity index (χ4v) is 11.9. The first-order valence-electron chi connectivity index (χ1n) is 19.7. The van der Waals surface area contributed by atoms with Gasteiger partial charge in [-0.3, -0.25) is 9.97 Å². The molecule has 0 bridgehead atoms. The van der Waals surface area contributed by atoms with E-state index in [1.165, 1.54) is 74.7 Å². The van der Waals surface area contributed by atoms with Gasteiger partial charge in [-0.1, -0.05) is 72.8 Å². The third-order valence-corrected chi connectivity index (χ3v) is 14.6. The van der Waals surface area contributed by atoms with Crippen LogP contribution in [-0.2, 0) is 0 Å². The second kappa shape index (κ2) is 12.4. The Morgan fingerprint density at radius 2 is 1.05 bits per heavy atom. The van der Waals surface area contributed by atoms with E-state index >= 15 is 0 Å². The fourth-order valence-electron chi connectivity index (χ4n) is 9.51. The van der Waals surface area contributed by atoms with Crippen molar-refractivity contribution in [2.24, 2.45) is 0 Å². The molecule has 1 aliphatic heterocycles. The van der Waals surface area contributed by atoms with Crippen molar-refractivity contribution in [3.05, 3.63) is 188 Å². The predicted molar refractivity (Wildman–Crippen MR) is 245 cm³/mol. The minimum absolute atomic E-state index is 0.402. The summed E-state index contributed by atoms with van der Waals surface area (Å²) in [5, 5.41) is 5.50. The lowest BCUT2D eigenvalue weighted by Gasteiger charge is -2.16. The van der Waals surface area contributed by atoms with E-state index in [1.54, 1.807) is 0 Å². The van der Waals surface area contributed by atoms with Crippen molar-refractivity contribution in [3.8, 4) is 33.6 Å². The molecule has 6 heterocycles. The topological polar surface area (TPSA) is 35.6 Å². The number of para-hydroxylation sites is 2. The van der Waals surface area contributed by atoms with Crippen LogP contribution in [-0.4, -0.2) is 24.4 Å². The van der Waals surface area contributed by atoms with Crippen molar-refractivity contribution >= 4 is 87.1 Å². The number of hydrogen-bond acceptors (Lipinski definition) is 4. The molecular formula is C52H32N4S2. The van der Waals surface area contributed by atoms with Gasteiger partial charge in [-0.05, 0) is 125 Å². The van der Waals surface area contributed by atoms with E-state index in [1.807, 2.05) is 47.6 Å². The largest absolute Gasteiger partial charge is 0.309 e. The molecule has 4 nitrogen and oxygen atoms in total. The Hall–Kier alpha value is -6.73. The Bertz CT molecular complexity index is 3480. The molecule has 11 aromatic rings. The van der Waals surface area contributed by atoms with Gasteiger partial charge in [0.05, 0.1) is 22.1 Å². The zero-order valence-electron chi connectivity index (χ0n) is 31.1. The zero-order valence-corrected chi connectivity index (χ0v) is 32.7. The molecule has 0 N–H and O–H groups in total. The number of aromatic nitrogens is 4. The molecule has 2 atom stereocenters. The summed E-state index contributed by atoms with van der Waals surface area (Å²) in [6, 6.07) is 54.0. The van der Waals surface area contributed by atoms with E-state index in [0.29, 0.717) is 11.2 Å². The number of thioether (sulfide) groups is 1. The lowest BCUT2D eigenvalue weighted by molar-refractivity contribution is 0.881. The summed E-state index contributed by atoms with van der Waals surface area (Å²) in [6.45, 7) is 0. The summed E-state index contributed by atoms with van der Waals surface area (Å²) in [7, 11) is 0. The number of allylic oxidation sites excluding steroid dienone is 3. The van der Waals surface area contributed by atoms with E-state index in [4.69, 9.17) is 9.97 Å². The van der Waals surface area contributed by atoms with E-state index < -0.39 is 0 Å². The molecule has 58 heavy (non-hydrogen) atoms. The van der Waals surface area contributed by atoms with Gasteiger partial charge in [0, 0.05) is 70.8 Å². The van der Waals surface area contributed by atoms with Crippen molar-refractivity contribution < 1.29 is 0 Å². The second-order valence-corrected chi connectivity index (χ2v) is 17.6. The van der Waals surface area contributed by atoms with Crippen molar-refractivity contribution in [2.45, 2.75) is 16.1 Å². The molecule has 0 saturated heterocycles. The highest BCUT2D eigenvalue weighted by molar-refractivity contribution is 8.00. The van der Waals surface area contributed by atoms with Crippen LogP contribution in [0, 0.1) is 0 Å². The number of nitrogens with zero attached hydrogens (tertiary/aromatic N) is 4. The molecule has 0 fully saturated rings. The monoisotopic (exact) mass is 776 g/mol. The minimum atomic E-state index is 0.402. The van der Waals surface area contributed by atoms with Crippen molar-refractivity contribution in [2.75, 3.05) is 0 Å². The Balaban J connectivity index is 1.02. The molecular weight excluding hydrogens is 745 g/mol. The average Bonchev–Trinajstić information content (AvgIpc) is 4.03. The highest BCUT2D eigenvalue weighted by atomic mass is 32.2. The van der Waals surface area contributed by atoms with Crippen molar-refractivity contribution in [3.63, 3.8) is 0 Å². The zero-order chi connectivity index (χ0) is 37.9. The molecule has 1 aliphatic carbocycles. The number of thiophene rings is 1. The number of benzene rings is 6. The van der Waals surface area contributed by atoms with E-state index in [9.17, 15) is 0 Å². The van der Waals surface area contributed by atoms with Gasteiger partial charge in [-0.25, -0.2) is 0 Å². The van der Waals surface area contributed by atoms with Gasteiger partial charge >= 0.3 is 0 Å². The molecule has 0 radical (unpaired) electrons. The summed E-state index contributed by atoms with van der Waals surface area (Å²) in [6.07, 6.45) is 12.8. The standard InChI is InChI=1S/C52H32N4S2/c1-4-12-43-37(9-1)38-10-2-5-13-44(38)56(43)36-26-33(31-17-20-48-40(28-31)39-11-3-6-16-47(39)57-48)25-34(27-36)32-18-21-49-41(29-32)42-30-35(19-22-50(42)58-49)55-45-14-7-23-53-51(45)52-46(55)15-8-24-54-52/h1-30,39,47H. The van der Waals surface area contributed by atoms with Gasteiger partial charge in [0.2, 0.25) is 0 Å². The minimum Gasteiger partial charge on any atom is -0.309 e. The number of pyridine rings is 2. The van der Waals surface area contributed by atoms with Crippen LogP contribution in [0.4, 0.5) is 0 Å². The first-order valence-corrected chi connectivity index (χ1v) is 21.4. The predicted octanol–water partition coefficient (Wildman–Crippen LogP) is 14.1. The fraction of sp³-hybridized carbons (Fsp3) is 0.0385. The first kappa shape index (κ1) is 32.4. The normalized spacial score (nSPS) is 16.1. The molecule has 0 saturated carbocycles. The molecule has 6 aromatic carbocycles. The van der Waals surface area contributed by atoms with Crippen LogP contribution in [0.25, 0.3) is 97.7 Å². The molecule has 13 rings (SSSR count). The van der Waals surface area contributed by atoms with Crippen molar-refractivity contribution in [1.29, 1.82) is 0 Å². The molecule has 5 aromatic heterocycles. The molecule has 272 valence electrons. The van der Waals surface area contributed by atoms with Crippen LogP contribution in [0.15, 0.2) is 187 Å². The Labute approximate surface area is 342 Å². The summed E-state index contributed by atoms with van der Waals surface area (Å²) < 4.78 is 7.30. The van der Waals surface area contributed by atoms with Gasteiger partial charge in [-0.15, -0.1) is 23.1 Å². The van der Waals surface area contributed by atoms with E-state index in [2.05, 4.69) is 167 Å². The number of fused-ring (bicyclic) bond motifs is 12. The lowest BCUT2D eigenvalue weighted by atomic mass is 9.89. The van der Waals surface area contributed by atoms with E-state index in [0.717, 1.165) is 33.4 Å². The van der Waals surface area contributed by atoms with Crippen LogP contribution < -0.4 is 0 Å². The maximum absolute atomic E-state index is 4.74. The third kappa shape index (κ3) is 4.76. The van der Waals surface area contributed by atoms with Crippen LogP contribution in [0.2, 0.25) is 0 Å². The molecule has 0 amide bonds. The smallest absolute Gasteiger partial charge is 0.115 e. The highest BCUT2D eigenvalue weighted by Gasteiger charge is 2.31. The maximum atomic E-state index is 4.74. The maximum Gasteiger partial charge on any atom is 0.115 e. The Kier molecular flexibility index (Phi) is 6.91. The SMILES string of the molecule is C1=CC2Sc3ccc(-c4cc(-c5ccc6sc7ccc(-n8c9cccnc9c9ncccc98)cc7c6c5)cc(-n5c6ccccc6c6ccccc65)c4)cc3C2C=C1. The van der Waals surface area contributed by atoms with Crippen LogP contribution in [0.5, 0.6) is 0 Å². The van der Waals surface area contributed by atoms with E-state index in [-0.39, 0.29) is 0 Å². The second-order valence-electron chi connectivity index (χ2n) is 15.3. The van der Waals surface area contributed by atoms with Crippen LogP contribution >= 0.6 is 23.1 Å². The van der Waals surface area contributed by atoms with Gasteiger partial charge in [0.25, 0.3) is 0 Å². The molecule has 0 spiro atoms. The summed E-state index contributed by atoms with van der Waals surface area (Å²) in [4.78, 5) is 10.9. The number of hydrogen-bond donors (Lipinski definition) is 0. The van der Waals surface area contributed by atoms with Gasteiger partial charge in [0.15, 0.2) is 0 Å². The van der Waals surface area contributed by atoms with Gasteiger partial charge < -0.3 is 9.13 Å². The van der Waals surface area contributed by atoms with Crippen molar-refractivity contribution in [1.82, 2.24) is 19.1 Å². The summed E-state index contributed by atoms with van der Waals surface area (Å²) in [5.74, 6) is 0.402. The van der Waals surface area contributed by atoms with Gasteiger partial charge in [0.1, 0.15) is 11.0 Å². The summed E-state index contributed by atoms with van der Waals surface area (Å²) in [5.41, 5.74) is 14.9.